The summed E-state index contributed by atoms with van der Waals surface area (Å²) in [7, 11) is 0. The van der Waals surface area contributed by atoms with Gasteiger partial charge in [0, 0.05) is 13.0 Å². The Bertz CT molecular complexity index is 537. The number of hydrogen-bond donors (Lipinski definition) is 2. The maximum Gasteiger partial charge on any atom is 0.119 e. The second-order valence-electron chi connectivity index (χ2n) is 4.39. The SMILES string of the molecule is CCOc1ccc(Cc2c(CN)nnn2CCO)cc1. The third kappa shape index (κ3) is 3.34. The van der Waals surface area contributed by atoms with E-state index >= 15 is 0 Å². The molecule has 0 aliphatic rings. The molecule has 1 aromatic carbocycles. The third-order valence-corrected chi connectivity index (χ3v) is 3.03. The molecule has 0 atom stereocenters. The molecule has 108 valence electrons. The second kappa shape index (κ2) is 7.02. The standard InChI is InChI=1S/C14H20N4O2/c1-2-20-12-5-3-11(4-6-12)9-14-13(10-15)16-17-18(14)7-8-19/h3-6,19H,2,7-10,15H2,1H3. The molecule has 0 bridgehead atoms. The number of rotatable bonds is 7. The lowest BCUT2D eigenvalue weighted by atomic mass is 10.1. The van der Waals surface area contributed by atoms with Crippen LogP contribution in [0, 0.1) is 0 Å². The highest BCUT2D eigenvalue weighted by atomic mass is 16.5. The molecule has 2 aromatic rings. The maximum absolute atomic E-state index is 9.05. The monoisotopic (exact) mass is 276 g/mol. The predicted octanol–water partition coefficient (Wildman–Crippen LogP) is 0.719. The smallest absolute Gasteiger partial charge is 0.119 e. The van der Waals surface area contributed by atoms with Gasteiger partial charge in [0.15, 0.2) is 0 Å². The Hall–Kier alpha value is -1.92. The third-order valence-electron chi connectivity index (χ3n) is 3.03. The summed E-state index contributed by atoms with van der Waals surface area (Å²) in [5.74, 6) is 0.859. The van der Waals surface area contributed by atoms with Crippen molar-refractivity contribution in [3.8, 4) is 5.75 Å². The summed E-state index contributed by atoms with van der Waals surface area (Å²) in [5.41, 5.74) is 8.53. The Morgan fingerprint density at radius 1 is 1.30 bits per heavy atom. The van der Waals surface area contributed by atoms with Crippen LogP contribution in [0.2, 0.25) is 0 Å². The van der Waals surface area contributed by atoms with E-state index in [4.69, 9.17) is 15.6 Å². The molecule has 0 aliphatic carbocycles. The number of benzene rings is 1. The molecule has 1 heterocycles. The normalized spacial score (nSPS) is 10.8. The van der Waals surface area contributed by atoms with E-state index in [0.29, 0.717) is 26.1 Å². The van der Waals surface area contributed by atoms with Crippen molar-refractivity contribution in [1.29, 1.82) is 0 Å². The van der Waals surface area contributed by atoms with E-state index in [0.717, 1.165) is 22.7 Å². The topological polar surface area (TPSA) is 86.2 Å². The fourth-order valence-corrected chi connectivity index (χ4v) is 2.06. The van der Waals surface area contributed by atoms with Crippen LogP contribution in [0.15, 0.2) is 24.3 Å². The molecule has 0 spiro atoms. The number of aromatic nitrogens is 3. The Labute approximate surface area is 118 Å². The number of aliphatic hydroxyl groups excluding tert-OH is 1. The average Bonchev–Trinajstić information content (AvgIpc) is 2.84. The molecule has 0 saturated carbocycles. The van der Waals surface area contributed by atoms with E-state index in [1.807, 2.05) is 31.2 Å². The van der Waals surface area contributed by atoms with Gasteiger partial charge >= 0.3 is 0 Å². The van der Waals surface area contributed by atoms with E-state index in [9.17, 15) is 0 Å². The van der Waals surface area contributed by atoms with Crippen LogP contribution in [-0.4, -0.2) is 33.3 Å². The minimum absolute atomic E-state index is 0.0314. The van der Waals surface area contributed by atoms with Crippen molar-refractivity contribution in [1.82, 2.24) is 15.0 Å². The summed E-state index contributed by atoms with van der Waals surface area (Å²) >= 11 is 0. The quantitative estimate of drug-likeness (QED) is 0.778. The molecule has 3 N–H and O–H groups in total. The molecule has 20 heavy (non-hydrogen) atoms. The van der Waals surface area contributed by atoms with Gasteiger partial charge in [0.1, 0.15) is 5.75 Å². The highest BCUT2D eigenvalue weighted by Crippen LogP contribution is 2.16. The van der Waals surface area contributed by atoms with Crippen molar-refractivity contribution < 1.29 is 9.84 Å². The molecule has 2 rings (SSSR count). The second-order valence-corrected chi connectivity index (χ2v) is 4.39. The summed E-state index contributed by atoms with van der Waals surface area (Å²) < 4.78 is 7.13. The van der Waals surface area contributed by atoms with Crippen LogP contribution in [0.4, 0.5) is 0 Å². The molecule has 0 radical (unpaired) electrons. The lowest BCUT2D eigenvalue weighted by Crippen LogP contribution is -2.10. The van der Waals surface area contributed by atoms with E-state index < -0.39 is 0 Å². The van der Waals surface area contributed by atoms with Crippen molar-refractivity contribution in [2.45, 2.75) is 26.4 Å². The first-order chi connectivity index (χ1) is 9.78. The van der Waals surface area contributed by atoms with Crippen molar-refractivity contribution in [2.75, 3.05) is 13.2 Å². The zero-order valence-corrected chi connectivity index (χ0v) is 11.6. The molecule has 0 aliphatic heterocycles. The van der Waals surface area contributed by atoms with Crippen LogP contribution in [0.1, 0.15) is 23.9 Å². The van der Waals surface area contributed by atoms with Crippen LogP contribution < -0.4 is 10.5 Å². The van der Waals surface area contributed by atoms with Crippen LogP contribution in [0.5, 0.6) is 5.75 Å². The maximum atomic E-state index is 9.05. The first-order valence-corrected chi connectivity index (χ1v) is 6.72. The van der Waals surface area contributed by atoms with Gasteiger partial charge in [-0.3, -0.25) is 0 Å². The number of ether oxygens (including phenoxy) is 1. The van der Waals surface area contributed by atoms with Gasteiger partial charge in [0.25, 0.3) is 0 Å². The van der Waals surface area contributed by atoms with Gasteiger partial charge in [-0.1, -0.05) is 17.3 Å². The van der Waals surface area contributed by atoms with Gasteiger partial charge in [0.05, 0.1) is 31.1 Å². The Morgan fingerprint density at radius 3 is 2.65 bits per heavy atom. The lowest BCUT2D eigenvalue weighted by molar-refractivity contribution is 0.266. The van der Waals surface area contributed by atoms with Crippen molar-refractivity contribution in [3.05, 3.63) is 41.2 Å². The first kappa shape index (κ1) is 14.5. The molecule has 0 amide bonds. The predicted molar refractivity (Wildman–Crippen MR) is 75.4 cm³/mol. The van der Waals surface area contributed by atoms with Crippen LogP contribution in [-0.2, 0) is 19.5 Å². The van der Waals surface area contributed by atoms with Crippen molar-refractivity contribution >= 4 is 0 Å². The molecule has 0 saturated heterocycles. The summed E-state index contributed by atoms with van der Waals surface area (Å²) in [6.07, 6.45) is 0.686. The Balaban J connectivity index is 2.17. The minimum atomic E-state index is 0.0314. The summed E-state index contributed by atoms with van der Waals surface area (Å²) in [6, 6.07) is 7.92. The fourth-order valence-electron chi connectivity index (χ4n) is 2.06. The van der Waals surface area contributed by atoms with Gasteiger partial charge < -0.3 is 15.6 Å². The Kier molecular flexibility index (Phi) is 5.09. The zero-order valence-electron chi connectivity index (χ0n) is 11.6. The zero-order chi connectivity index (χ0) is 14.4. The molecular weight excluding hydrogens is 256 g/mol. The summed E-state index contributed by atoms with van der Waals surface area (Å²) in [4.78, 5) is 0. The van der Waals surface area contributed by atoms with Crippen LogP contribution >= 0.6 is 0 Å². The molecule has 6 heteroatoms. The van der Waals surface area contributed by atoms with Gasteiger partial charge in [-0.25, -0.2) is 4.68 Å². The molecule has 6 nitrogen and oxygen atoms in total. The van der Waals surface area contributed by atoms with Gasteiger partial charge in [0.2, 0.25) is 0 Å². The fraction of sp³-hybridized carbons (Fsp3) is 0.429. The first-order valence-electron chi connectivity index (χ1n) is 6.72. The minimum Gasteiger partial charge on any atom is -0.494 e. The van der Waals surface area contributed by atoms with Gasteiger partial charge in [-0.2, -0.15) is 0 Å². The highest BCUT2D eigenvalue weighted by molar-refractivity contribution is 5.30. The van der Waals surface area contributed by atoms with E-state index in [2.05, 4.69) is 10.3 Å². The number of nitrogens with two attached hydrogens (primary N) is 1. The number of hydrogen-bond acceptors (Lipinski definition) is 5. The van der Waals surface area contributed by atoms with Crippen LogP contribution in [0.3, 0.4) is 0 Å². The average molecular weight is 276 g/mol. The molecular formula is C14H20N4O2. The largest absolute Gasteiger partial charge is 0.494 e. The molecule has 0 fully saturated rings. The number of aliphatic hydroxyl groups is 1. The van der Waals surface area contributed by atoms with E-state index in [-0.39, 0.29) is 6.61 Å². The molecule has 0 unspecified atom stereocenters. The summed E-state index contributed by atoms with van der Waals surface area (Å²) in [6.45, 7) is 3.42. The van der Waals surface area contributed by atoms with Crippen molar-refractivity contribution in [3.63, 3.8) is 0 Å². The van der Waals surface area contributed by atoms with Gasteiger partial charge in [-0.05, 0) is 24.6 Å². The number of nitrogens with zero attached hydrogens (tertiary/aromatic N) is 3. The van der Waals surface area contributed by atoms with E-state index in [1.165, 1.54) is 0 Å². The summed E-state index contributed by atoms with van der Waals surface area (Å²) in [5, 5.41) is 17.1. The van der Waals surface area contributed by atoms with Crippen molar-refractivity contribution in [2.24, 2.45) is 5.73 Å². The van der Waals surface area contributed by atoms with E-state index in [1.54, 1.807) is 4.68 Å². The lowest BCUT2D eigenvalue weighted by Gasteiger charge is -2.08. The van der Waals surface area contributed by atoms with Crippen LogP contribution in [0.25, 0.3) is 0 Å². The highest BCUT2D eigenvalue weighted by Gasteiger charge is 2.12. The Morgan fingerprint density at radius 2 is 2.05 bits per heavy atom. The van der Waals surface area contributed by atoms with Gasteiger partial charge in [-0.15, -0.1) is 5.10 Å². The molecule has 1 aromatic heterocycles.